The van der Waals surface area contributed by atoms with Gasteiger partial charge in [0.25, 0.3) is 0 Å². The van der Waals surface area contributed by atoms with Gasteiger partial charge in [-0.2, -0.15) is 0 Å². The van der Waals surface area contributed by atoms with Crippen molar-refractivity contribution in [2.45, 2.75) is 52.4 Å². The van der Waals surface area contributed by atoms with Crippen molar-refractivity contribution in [1.82, 2.24) is 0 Å². The van der Waals surface area contributed by atoms with Gasteiger partial charge < -0.3 is 14.2 Å². The molecule has 0 fully saturated rings. The van der Waals surface area contributed by atoms with E-state index in [-0.39, 0.29) is 33.0 Å². The van der Waals surface area contributed by atoms with E-state index in [4.69, 9.17) is 25.8 Å². The number of rotatable bonds is 14. The minimum absolute atomic E-state index is 0. The molecule has 0 amide bonds. The van der Waals surface area contributed by atoms with E-state index in [0.29, 0.717) is 35.3 Å². The molecular weight excluding hydrogens is 426 g/mol. The number of methoxy groups -OCH3 is 1. The standard InChI is InChI=1S/C24H32ClO4P.Li/c1-4-6-8-15-28-18-13-14-22(21(17-18)29-16-9-7-5-2)30-24(26)23-19(25)11-10-12-20(23)27-3;/h10-14,17,30H,4-9,15-16H2,1-3H3;. The van der Waals surface area contributed by atoms with E-state index in [1.807, 2.05) is 18.2 Å². The Morgan fingerprint density at radius 3 is 2.26 bits per heavy atom. The third-order valence-electron chi connectivity index (χ3n) is 4.65. The van der Waals surface area contributed by atoms with Crippen molar-refractivity contribution in [2.24, 2.45) is 0 Å². The largest absolute Gasteiger partial charge is 0.496 e. The average molecular weight is 458 g/mol. The Kier molecular flexibility index (Phi) is 14.0. The van der Waals surface area contributed by atoms with Gasteiger partial charge in [-0.25, -0.2) is 0 Å². The number of benzene rings is 2. The predicted molar refractivity (Wildman–Crippen MR) is 133 cm³/mol. The molecule has 0 aliphatic heterocycles. The molecule has 2 aromatic carbocycles. The third kappa shape index (κ3) is 9.07. The molecule has 0 heterocycles. The molecule has 1 atom stereocenters. The van der Waals surface area contributed by atoms with Crippen LogP contribution in [0.1, 0.15) is 62.7 Å². The first-order valence-corrected chi connectivity index (χ1v) is 12.0. The van der Waals surface area contributed by atoms with E-state index in [0.717, 1.165) is 49.6 Å². The molecule has 4 nitrogen and oxygen atoms in total. The zero-order chi connectivity index (χ0) is 21.8. The molecule has 0 bridgehead atoms. The smallest absolute Gasteiger partial charge is 0.190 e. The summed E-state index contributed by atoms with van der Waals surface area (Å²) in [7, 11) is 1.42. The van der Waals surface area contributed by atoms with Gasteiger partial charge in [0.15, 0.2) is 5.52 Å². The van der Waals surface area contributed by atoms with Crippen molar-refractivity contribution in [3.8, 4) is 17.2 Å². The van der Waals surface area contributed by atoms with Gasteiger partial charge in [-0.15, -0.1) is 0 Å². The maximum Gasteiger partial charge on any atom is 0.190 e. The quantitative estimate of drug-likeness (QED) is 0.191. The molecule has 1 radical (unpaired) electrons. The summed E-state index contributed by atoms with van der Waals surface area (Å²) in [4.78, 5) is 13.0. The van der Waals surface area contributed by atoms with Gasteiger partial charge >= 0.3 is 0 Å². The molecule has 31 heavy (non-hydrogen) atoms. The van der Waals surface area contributed by atoms with Gasteiger partial charge in [-0.1, -0.05) is 57.2 Å². The molecule has 0 aliphatic carbocycles. The van der Waals surface area contributed by atoms with Crippen molar-refractivity contribution in [3.63, 3.8) is 0 Å². The second-order valence-corrected chi connectivity index (χ2v) is 8.69. The second-order valence-electron chi connectivity index (χ2n) is 7.04. The summed E-state index contributed by atoms with van der Waals surface area (Å²) in [6.07, 6.45) is 6.55. The van der Waals surface area contributed by atoms with E-state index in [1.54, 1.807) is 25.3 Å². The van der Waals surface area contributed by atoms with E-state index in [9.17, 15) is 4.79 Å². The molecule has 2 aromatic rings. The zero-order valence-electron chi connectivity index (χ0n) is 19.1. The monoisotopic (exact) mass is 457 g/mol. The summed E-state index contributed by atoms with van der Waals surface area (Å²) in [6.45, 7) is 5.63. The van der Waals surface area contributed by atoms with Crippen LogP contribution in [-0.2, 0) is 0 Å². The van der Waals surface area contributed by atoms with E-state index < -0.39 is 0 Å². The second kappa shape index (κ2) is 15.6. The molecular formula is C24H32ClLiO4P. The number of unbranched alkanes of at least 4 members (excludes halogenated alkanes) is 4. The Hall–Kier alpha value is -1.17. The number of ether oxygens (including phenoxy) is 3. The van der Waals surface area contributed by atoms with Gasteiger partial charge in [0, 0.05) is 30.2 Å². The predicted octanol–water partition coefficient (Wildman–Crippen LogP) is 6.25. The number of carbonyl (C=O) groups excluding carboxylic acids is 1. The van der Waals surface area contributed by atoms with Crippen molar-refractivity contribution in [1.29, 1.82) is 0 Å². The molecule has 0 aromatic heterocycles. The minimum atomic E-state index is -0.123. The van der Waals surface area contributed by atoms with Gasteiger partial charge in [0.05, 0.1) is 30.9 Å². The fourth-order valence-electron chi connectivity index (χ4n) is 2.97. The fraction of sp³-hybridized carbons (Fsp3) is 0.458. The van der Waals surface area contributed by atoms with Crippen LogP contribution in [0.4, 0.5) is 0 Å². The zero-order valence-corrected chi connectivity index (χ0v) is 20.9. The van der Waals surface area contributed by atoms with Crippen LogP contribution in [0.5, 0.6) is 17.2 Å². The van der Waals surface area contributed by atoms with Crippen LogP contribution in [0.25, 0.3) is 0 Å². The Morgan fingerprint density at radius 1 is 0.935 bits per heavy atom. The van der Waals surface area contributed by atoms with Crippen LogP contribution in [0.15, 0.2) is 36.4 Å². The van der Waals surface area contributed by atoms with Crippen LogP contribution in [0.3, 0.4) is 0 Å². The SMILES string of the molecule is CCCCCOc1ccc(PC(=O)c2c(Cl)cccc2OC)c(OCCCCC)c1.[Li]. The first-order chi connectivity index (χ1) is 14.6. The average Bonchev–Trinajstić information content (AvgIpc) is 2.75. The molecule has 0 aliphatic rings. The molecule has 1 unspecified atom stereocenters. The van der Waals surface area contributed by atoms with E-state index in [2.05, 4.69) is 13.8 Å². The molecule has 0 saturated heterocycles. The molecule has 7 heteroatoms. The summed E-state index contributed by atoms with van der Waals surface area (Å²) in [5.41, 5.74) is 0.337. The van der Waals surface area contributed by atoms with Crippen LogP contribution in [-0.4, -0.2) is 44.7 Å². The number of hydrogen-bond donors (Lipinski definition) is 0. The minimum Gasteiger partial charge on any atom is -0.496 e. The van der Waals surface area contributed by atoms with E-state index >= 15 is 0 Å². The summed E-state index contributed by atoms with van der Waals surface area (Å²) >= 11 is 6.29. The van der Waals surface area contributed by atoms with Gasteiger partial charge in [-0.05, 0) is 45.7 Å². The number of carbonyl (C=O) groups is 1. The van der Waals surface area contributed by atoms with Crippen LogP contribution < -0.4 is 19.5 Å². The Labute approximate surface area is 205 Å². The summed E-state index contributed by atoms with van der Waals surface area (Å²) in [6, 6.07) is 11.0. The number of halogens is 1. The maximum atomic E-state index is 13.0. The molecule has 165 valence electrons. The summed E-state index contributed by atoms with van der Waals surface area (Å²) in [5, 5.41) is 1.24. The number of hydrogen-bond acceptors (Lipinski definition) is 4. The van der Waals surface area contributed by atoms with E-state index in [1.165, 1.54) is 0 Å². The topological polar surface area (TPSA) is 44.8 Å². The Balaban J connectivity index is 0.00000480. The van der Waals surface area contributed by atoms with Gasteiger partial charge in [0.2, 0.25) is 0 Å². The molecule has 0 spiro atoms. The molecule has 2 rings (SSSR count). The fourth-order valence-corrected chi connectivity index (χ4v) is 4.36. The van der Waals surface area contributed by atoms with Gasteiger partial charge in [-0.3, -0.25) is 4.79 Å². The third-order valence-corrected chi connectivity index (χ3v) is 6.12. The molecule has 0 N–H and O–H groups in total. The Morgan fingerprint density at radius 2 is 1.61 bits per heavy atom. The van der Waals surface area contributed by atoms with Gasteiger partial charge in [0.1, 0.15) is 17.2 Å². The molecule has 0 saturated carbocycles. The normalized spacial score (nSPS) is 10.7. The van der Waals surface area contributed by atoms with Crippen molar-refractivity contribution < 1.29 is 19.0 Å². The first-order valence-electron chi connectivity index (χ1n) is 10.6. The maximum absolute atomic E-state index is 13.0. The van der Waals surface area contributed by atoms with Crippen molar-refractivity contribution >= 4 is 49.9 Å². The summed E-state index contributed by atoms with van der Waals surface area (Å²) < 4.78 is 17.3. The van der Waals surface area contributed by atoms with Crippen molar-refractivity contribution in [2.75, 3.05) is 20.3 Å². The summed E-state index contributed by atoms with van der Waals surface area (Å²) in [5.74, 6) is 1.96. The first kappa shape index (κ1) is 27.9. The van der Waals surface area contributed by atoms with Crippen LogP contribution >= 0.6 is 20.2 Å². The van der Waals surface area contributed by atoms with Crippen molar-refractivity contribution in [3.05, 3.63) is 47.0 Å². The Bertz CT molecular complexity index is 816. The van der Waals surface area contributed by atoms with Crippen LogP contribution in [0, 0.1) is 0 Å². The van der Waals surface area contributed by atoms with Crippen LogP contribution in [0.2, 0.25) is 5.02 Å².